The Kier molecular flexibility index (Phi) is 40.5. The second kappa shape index (κ2) is 47.8. The van der Waals surface area contributed by atoms with Gasteiger partial charge >= 0.3 is 5.97 Å². The van der Waals surface area contributed by atoms with Gasteiger partial charge in [0.15, 0.2) is 5.78 Å². The zero-order valence-corrected chi connectivity index (χ0v) is 70.4. The van der Waals surface area contributed by atoms with E-state index in [9.17, 15) is 18.4 Å². The normalized spacial score (nSPS) is 10.1. The Morgan fingerprint density at radius 3 is 1.61 bits per heavy atom. The maximum Gasteiger partial charge on any atom is 0.354 e. The number of allylic oxidation sites excluding steroid dienone is 2. The van der Waals surface area contributed by atoms with Gasteiger partial charge in [0, 0.05) is 161 Å². The molecule has 105 heavy (non-hydrogen) atoms. The minimum atomic E-state index is -0.990. The number of aromatic nitrogens is 6. The van der Waals surface area contributed by atoms with Gasteiger partial charge in [0.05, 0.1) is 5.76 Å². The summed E-state index contributed by atoms with van der Waals surface area (Å²) < 4.78 is 27.1. The van der Waals surface area contributed by atoms with Crippen molar-refractivity contribution in [1.82, 2.24) is 29.9 Å². The van der Waals surface area contributed by atoms with Crippen LogP contribution in [0.15, 0.2) is 280 Å². The van der Waals surface area contributed by atoms with Crippen LogP contribution >= 0.6 is 11.3 Å². The molecule has 0 saturated heterocycles. The van der Waals surface area contributed by atoms with Crippen LogP contribution in [0.1, 0.15) is 80.9 Å². The smallest absolute Gasteiger partial charge is 0.354 e. The molecule has 545 valence electrons. The van der Waals surface area contributed by atoms with Crippen LogP contribution in [-0.2, 0) is 112 Å². The molecule has 0 spiro atoms. The van der Waals surface area contributed by atoms with E-state index < -0.39 is 17.6 Å². The van der Waals surface area contributed by atoms with Crippen molar-refractivity contribution in [3.8, 4) is 44.3 Å². The summed E-state index contributed by atoms with van der Waals surface area (Å²) in [4.78, 5) is 46.5. The molecule has 0 aliphatic heterocycles. The molecule has 0 aliphatic carbocycles. The third-order valence-corrected chi connectivity index (χ3v) is 16.3. The summed E-state index contributed by atoms with van der Waals surface area (Å²) in [5.74, 6) is -2.34. The number of thiophene rings is 1. The third-order valence-electron chi connectivity index (χ3n) is 15.2. The van der Waals surface area contributed by atoms with Crippen LogP contribution < -0.4 is 0 Å². The first-order chi connectivity index (χ1) is 48.8. The number of hydrogen-bond donors (Lipinski definition) is 2. The standard InChI is InChI=1S/C23H26N.C16H12N.C13H8NS.C13H8N.C11H6F2N.C6H5NO2.C5H8O2.5Ir/c1-2-3-4-5-6-7-10-19-13-15-21(16-14-19)23-22-12-9-8-11-20(22)17-18-24-23;1-12-6-8-14(9-7-12)16-15-5-3-2-4-13(15)10-11-17-16;1-2-7-12-10(5-1)9-13(15-12)11-6-3-4-8-14-11;1-2-6-12-10(4-1)7-8-11-5-3-9-14-13(11)12;12-8-4-5-9(10(13)7-8)11-3-1-2-6-14-11;8-6(9)5-3-1-2-4-7-5;1-4(6)3-5(2)7;;;;;/h8-9,11-15,17-18H,2-7,10H2,1H3;2-8,10-11H,1H3;1-8H;1-5,7-9H;1-4,6-7H;1-4H,(H,8,9);3,6H,1-2H3;;;;;/q5*-1;;;;;;;. The van der Waals surface area contributed by atoms with Crippen LogP contribution in [0.4, 0.5) is 8.78 Å². The van der Waals surface area contributed by atoms with Crippen molar-refractivity contribution in [2.24, 2.45) is 0 Å². The van der Waals surface area contributed by atoms with E-state index in [2.05, 4.69) is 189 Å². The summed E-state index contributed by atoms with van der Waals surface area (Å²) >= 11 is 1.73. The number of fused-ring (bicyclic) bond motifs is 6. The number of aryl methyl sites for hydroxylation is 2. The second-order valence-electron chi connectivity index (χ2n) is 22.9. The van der Waals surface area contributed by atoms with Crippen molar-refractivity contribution in [3.05, 3.63) is 338 Å². The summed E-state index contributed by atoms with van der Waals surface area (Å²) in [5.41, 5.74) is 9.51. The van der Waals surface area contributed by atoms with Crippen LogP contribution in [0.25, 0.3) is 97.6 Å². The molecule has 0 atom stereocenters. The van der Waals surface area contributed by atoms with Crippen molar-refractivity contribution in [2.45, 2.75) is 72.6 Å². The molecular weight excluding hydrogens is 2220 g/mol. The maximum atomic E-state index is 13.2. The molecule has 0 amide bonds. The molecule has 0 unspecified atom stereocenters. The number of aliphatic hydroxyl groups is 1. The molecule has 7 heterocycles. The Hall–Kier alpha value is -8.55. The first kappa shape index (κ1) is 88.8. The van der Waals surface area contributed by atoms with Crippen LogP contribution in [-0.4, -0.2) is 51.9 Å². The molecule has 10 nitrogen and oxygen atoms in total. The molecule has 0 fully saturated rings. The molecule has 2 N–H and O–H groups in total. The first-order valence-corrected chi connectivity index (χ1v) is 33.6. The van der Waals surface area contributed by atoms with Gasteiger partial charge in [-0.15, -0.1) is 142 Å². The first-order valence-electron chi connectivity index (χ1n) is 32.8. The molecule has 5 radical (unpaired) electrons. The number of carbonyl (C=O) groups excluding carboxylic acids is 1. The number of rotatable bonds is 13. The molecule has 15 aromatic rings. The molecule has 0 bridgehead atoms. The zero-order chi connectivity index (χ0) is 70.3. The summed E-state index contributed by atoms with van der Waals surface area (Å²) in [6, 6.07) is 89.6. The summed E-state index contributed by atoms with van der Waals surface area (Å²) in [7, 11) is 0. The van der Waals surface area contributed by atoms with Crippen LogP contribution in [0.5, 0.6) is 0 Å². The zero-order valence-electron chi connectivity index (χ0n) is 57.7. The van der Waals surface area contributed by atoms with E-state index in [4.69, 9.17) is 10.2 Å². The SMILES string of the molecule is CC(=O)C=C(C)O.CCCCCCCCc1c[c-]c(-c2nccc3ccccc23)cc1.Cc1c[c-]c(-c2nccc3ccccc23)cc1.Fc1c[c-]c(-c2ccccn2)c(F)c1.O=C(O)c1ccccn1.[Ir].[Ir].[Ir].[Ir].[Ir].[c-]1c(-c2ccccn2)sc2ccccc12.[c-]1cccc2ccc3cccnc3c12. The number of unbranched alkanes of at least 4 members (excludes halogenated alkanes) is 5. The quantitative estimate of drug-likeness (QED) is 0.0375. The molecule has 7 aromatic heterocycles. The van der Waals surface area contributed by atoms with Gasteiger partial charge in [-0.25, -0.2) is 21.1 Å². The van der Waals surface area contributed by atoms with E-state index in [1.807, 2.05) is 91.5 Å². The van der Waals surface area contributed by atoms with Crippen molar-refractivity contribution < 1.29 is 129 Å². The largest absolute Gasteiger partial charge is 0.512 e. The maximum absolute atomic E-state index is 13.2. The molecule has 18 heteroatoms. The predicted octanol–water partition coefficient (Wildman–Crippen LogP) is 22.2. The van der Waals surface area contributed by atoms with Gasteiger partial charge in [0.2, 0.25) is 0 Å². The number of aromatic carboxylic acids is 1. The van der Waals surface area contributed by atoms with E-state index in [1.54, 1.807) is 47.9 Å². The van der Waals surface area contributed by atoms with Gasteiger partial charge in [0.25, 0.3) is 0 Å². The fourth-order valence-electron chi connectivity index (χ4n) is 10.4. The fourth-order valence-corrected chi connectivity index (χ4v) is 11.4. The third kappa shape index (κ3) is 28.0. The van der Waals surface area contributed by atoms with Gasteiger partial charge in [-0.3, -0.25) is 13.6 Å². The Morgan fingerprint density at radius 1 is 0.495 bits per heavy atom. The van der Waals surface area contributed by atoms with Gasteiger partial charge in [-0.05, 0) is 115 Å². The number of carboxylic acids is 1. The van der Waals surface area contributed by atoms with Gasteiger partial charge < -0.3 is 35.1 Å². The number of carbonyl (C=O) groups is 2. The van der Waals surface area contributed by atoms with E-state index >= 15 is 0 Å². The molecule has 0 aliphatic rings. The number of ketones is 1. The number of carboxylic acid groups (broad SMARTS) is 1. The Bertz CT molecular complexity index is 5010. The van der Waals surface area contributed by atoms with E-state index in [0.717, 1.165) is 62.5 Å². The topological polar surface area (TPSA) is 152 Å². The number of nitrogens with zero attached hydrogens (tertiary/aromatic N) is 6. The van der Waals surface area contributed by atoms with E-state index in [0.29, 0.717) is 5.69 Å². The van der Waals surface area contributed by atoms with Crippen LogP contribution in [0.3, 0.4) is 0 Å². The average molecular weight is 2300 g/mol. The molecule has 8 aromatic carbocycles. The molecule has 0 saturated carbocycles. The number of aliphatic hydroxyl groups excluding tert-OH is 1. The van der Waals surface area contributed by atoms with Gasteiger partial charge in [-0.2, -0.15) is 0 Å². The Balaban J connectivity index is 0.000000264. The number of pyridine rings is 6. The van der Waals surface area contributed by atoms with E-state index in [1.165, 1.54) is 124 Å². The number of benzene rings is 8. The average Bonchev–Trinajstić information content (AvgIpc) is 1.18. The van der Waals surface area contributed by atoms with Crippen molar-refractivity contribution in [1.29, 1.82) is 0 Å². The van der Waals surface area contributed by atoms with Crippen molar-refractivity contribution in [2.75, 3.05) is 0 Å². The molecular formula is C87H73F2Ir5N6O4S-5. The predicted molar refractivity (Wildman–Crippen MR) is 403 cm³/mol. The molecule has 15 rings (SSSR count). The van der Waals surface area contributed by atoms with Crippen LogP contribution in [0, 0.1) is 48.9 Å². The van der Waals surface area contributed by atoms with Crippen molar-refractivity contribution in [3.63, 3.8) is 0 Å². The van der Waals surface area contributed by atoms with Crippen LogP contribution in [0.2, 0.25) is 0 Å². The summed E-state index contributed by atoms with van der Waals surface area (Å²) in [6.45, 7) is 7.18. The minimum Gasteiger partial charge on any atom is -0.512 e. The Labute approximate surface area is 684 Å². The minimum absolute atomic E-state index is 0. The van der Waals surface area contributed by atoms with Gasteiger partial charge in [0.1, 0.15) is 5.69 Å². The number of hydrogen-bond acceptors (Lipinski definition) is 10. The Morgan fingerprint density at radius 2 is 1.06 bits per heavy atom. The number of halogens is 2. The van der Waals surface area contributed by atoms with Gasteiger partial charge in [-0.1, -0.05) is 180 Å². The van der Waals surface area contributed by atoms with E-state index in [-0.39, 0.29) is 123 Å². The van der Waals surface area contributed by atoms with Crippen molar-refractivity contribution >= 4 is 76.4 Å². The monoisotopic (exact) mass is 2300 g/mol. The summed E-state index contributed by atoms with van der Waals surface area (Å²) in [5, 5.41) is 26.1. The fraction of sp³-hybridized carbons (Fsp3) is 0.126. The second-order valence-corrected chi connectivity index (χ2v) is 23.9. The summed E-state index contributed by atoms with van der Waals surface area (Å²) in [6.07, 6.45) is 20.8.